The van der Waals surface area contributed by atoms with E-state index in [1.807, 2.05) is 30.3 Å². The number of rotatable bonds is 7. The zero-order valence-corrected chi connectivity index (χ0v) is 14.9. The Labute approximate surface area is 144 Å². The molecule has 0 saturated heterocycles. The van der Waals surface area contributed by atoms with Gasteiger partial charge >= 0.3 is 0 Å². The summed E-state index contributed by atoms with van der Waals surface area (Å²) in [4.78, 5) is 11.9. The number of nitrogens with zero attached hydrogens (tertiary/aromatic N) is 1. The highest BCUT2D eigenvalue weighted by Gasteiger charge is 2.24. The van der Waals surface area contributed by atoms with Gasteiger partial charge in [-0.3, -0.25) is 4.79 Å². The van der Waals surface area contributed by atoms with Crippen LogP contribution in [-0.4, -0.2) is 38.8 Å². The lowest BCUT2D eigenvalue weighted by atomic mass is 10.1. The van der Waals surface area contributed by atoms with Crippen molar-refractivity contribution >= 4 is 38.9 Å². The van der Waals surface area contributed by atoms with Crippen molar-refractivity contribution in [2.75, 3.05) is 20.1 Å². The fraction of sp³-hybridized carbons (Fsp3) is 0.267. The van der Waals surface area contributed by atoms with E-state index in [1.54, 1.807) is 0 Å². The lowest BCUT2D eigenvalue weighted by Gasteiger charge is -2.15. The predicted octanol–water partition coefficient (Wildman–Crippen LogP) is 2.38. The second kappa shape index (κ2) is 7.92. The molecule has 8 heteroatoms. The molecule has 1 heterocycles. The van der Waals surface area contributed by atoms with Gasteiger partial charge in [0.1, 0.15) is 4.21 Å². The first-order valence-corrected chi connectivity index (χ1v) is 9.55. The monoisotopic (exact) mass is 372 g/mol. The summed E-state index contributed by atoms with van der Waals surface area (Å²) in [6, 6.07) is 12.7. The topological polar surface area (TPSA) is 66.5 Å². The number of nitrogens with one attached hydrogen (secondary N) is 1. The van der Waals surface area contributed by atoms with Crippen LogP contribution in [0.25, 0.3) is 0 Å². The Morgan fingerprint density at radius 2 is 1.91 bits per heavy atom. The molecule has 1 N–H and O–H groups in total. The van der Waals surface area contributed by atoms with Crippen molar-refractivity contribution in [3.63, 3.8) is 0 Å². The van der Waals surface area contributed by atoms with Crippen molar-refractivity contribution in [2.45, 2.75) is 10.6 Å². The lowest BCUT2D eigenvalue weighted by molar-refractivity contribution is -0.121. The molecule has 0 atom stereocenters. The number of likely N-dealkylation sites (N-methyl/N-ethyl adjacent to an activating group) is 1. The number of hydrogen-bond donors (Lipinski definition) is 1. The summed E-state index contributed by atoms with van der Waals surface area (Å²) in [5.41, 5.74) is 1.11. The number of halogens is 1. The summed E-state index contributed by atoms with van der Waals surface area (Å²) >= 11 is 6.73. The molecular formula is C15H17ClN2O3S2. The zero-order chi connectivity index (χ0) is 16.9. The Bertz CT molecular complexity index is 760. The van der Waals surface area contributed by atoms with E-state index < -0.39 is 10.0 Å². The maximum Gasteiger partial charge on any atom is 0.252 e. The molecule has 23 heavy (non-hydrogen) atoms. The number of benzene rings is 1. The summed E-state index contributed by atoms with van der Waals surface area (Å²) in [5, 5.41) is 2.72. The van der Waals surface area contributed by atoms with Crippen LogP contribution in [-0.2, 0) is 21.2 Å². The molecule has 0 aliphatic heterocycles. The number of amides is 1. The lowest BCUT2D eigenvalue weighted by Crippen LogP contribution is -2.38. The first kappa shape index (κ1) is 17.9. The zero-order valence-electron chi connectivity index (χ0n) is 12.5. The van der Waals surface area contributed by atoms with Crippen molar-refractivity contribution in [1.29, 1.82) is 0 Å². The van der Waals surface area contributed by atoms with Gasteiger partial charge in [-0.05, 0) is 24.1 Å². The highest BCUT2D eigenvalue weighted by atomic mass is 35.5. The molecule has 0 spiro atoms. The molecule has 0 unspecified atom stereocenters. The van der Waals surface area contributed by atoms with Gasteiger partial charge in [0.25, 0.3) is 10.0 Å². The SMILES string of the molecule is CN(CC(=O)NCCc1ccccc1)S(=O)(=O)c1ccc(Cl)s1. The molecule has 1 aromatic carbocycles. The van der Waals surface area contributed by atoms with Crippen LogP contribution in [0.15, 0.2) is 46.7 Å². The highest BCUT2D eigenvalue weighted by Crippen LogP contribution is 2.27. The Balaban J connectivity index is 1.85. The molecular weight excluding hydrogens is 356 g/mol. The van der Waals surface area contributed by atoms with Crippen LogP contribution in [0.1, 0.15) is 5.56 Å². The van der Waals surface area contributed by atoms with Crippen molar-refractivity contribution in [3.8, 4) is 0 Å². The predicted molar refractivity (Wildman–Crippen MR) is 92.3 cm³/mol. The van der Waals surface area contributed by atoms with Crippen LogP contribution < -0.4 is 5.32 Å². The van der Waals surface area contributed by atoms with Crippen molar-refractivity contribution < 1.29 is 13.2 Å². The Hall–Kier alpha value is -1.41. The Kier molecular flexibility index (Phi) is 6.17. The molecule has 2 rings (SSSR count). The van der Waals surface area contributed by atoms with Crippen LogP contribution >= 0.6 is 22.9 Å². The van der Waals surface area contributed by atoms with Gasteiger partial charge in [0.2, 0.25) is 5.91 Å². The molecule has 1 aromatic heterocycles. The fourth-order valence-corrected chi connectivity index (χ4v) is 4.74. The summed E-state index contributed by atoms with van der Waals surface area (Å²) in [6.07, 6.45) is 0.698. The molecule has 1 amide bonds. The molecule has 0 saturated carbocycles. The molecule has 124 valence electrons. The van der Waals surface area contributed by atoms with Crippen molar-refractivity contribution in [1.82, 2.24) is 9.62 Å². The van der Waals surface area contributed by atoms with Crippen LogP contribution in [0.5, 0.6) is 0 Å². The molecule has 0 bridgehead atoms. The maximum atomic E-state index is 12.3. The van der Waals surface area contributed by atoms with Gasteiger partial charge in [0, 0.05) is 13.6 Å². The third-order valence-electron chi connectivity index (χ3n) is 3.16. The molecule has 5 nitrogen and oxygen atoms in total. The Morgan fingerprint density at radius 1 is 1.22 bits per heavy atom. The van der Waals surface area contributed by atoms with Gasteiger partial charge < -0.3 is 5.32 Å². The van der Waals surface area contributed by atoms with E-state index in [2.05, 4.69) is 5.32 Å². The number of hydrogen-bond acceptors (Lipinski definition) is 4. The average molecular weight is 373 g/mol. The molecule has 0 radical (unpaired) electrons. The highest BCUT2D eigenvalue weighted by molar-refractivity contribution is 7.91. The first-order chi connectivity index (χ1) is 10.9. The normalized spacial score (nSPS) is 11.6. The maximum absolute atomic E-state index is 12.3. The fourth-order valence-electron chi connectivity index (χ4n) is 1.92. The quantitative estimate of drug-likeness (QED) is 0.811. The van der Waals surface area contributed by atoms with Crippen molar-refractivity contribution in [2.24, 2.45) is 0 Å². The van der Waals surface area contributed by atoms with E-state index in [-0.39, 0.29) is 16.7 Å². The van der Waals surface area contributed by atoms with E-state index in [0.717, 1.165) is 21.2 Å². The van der Waals surface area contributed by atoms with Crippen molar-refractivity contribution in [3.05, 3.63) is 52.4 Å². The molecule has 0 aliphatic carbocycles. The van der Waals surface area contributed by atoms with Crippen LogP contribution in [0, 0.1) is 0 Å². The number of carbonyl (C=O) groups is 1. The van der Waals surface area contributed by atoms with Gasteiger partial charge in [-0.2, -0.15) is 4.31 Å². The summed E-state index contributed by atoms with van der Waals surface area (Å²) in [5.74, 6) is -0.338. The third kappa shape index (κ3) is 5.04. The summed E-state index contributed by atoms with van der Waals surface area (Å²) < 4.78 is 26.1. The largest absolute Gasteiger partial charge is 0.355 e. The average Bonchev–Trinajstić information content (AvgIpc) is 2.95. The third-order valence-corrected chi connectivity index (χ3v) is 6.66. The van der Waals surface area contributed by atoms with Gasteiger partial charge in [-0.15, -0.1) is 11.3 Å². The van der Waals surface area contributed by atoms with E-state index in [9.17, 15) is 13.2 Å². The summed E-state index contributed by atoms with van der Waals surface area (Å²) in [6.45, 7) is 0.230. The minimum Gasteiger partial charge on any atom is -0.355 e. The van der Waals surface area contributed by atoms with E-state index in [4.69, 9.17) is 11.6 Å². The number of carbonyl (C=O) groups excluding carboxylic acids is 1. The van der Waals surface area contributed by atoms with Crippen LogP contribution in [0.2, 0.25) is 4.34 Å². The first-order valence-electron chi connectivity index (χ1n) is 6.92. The second-order valence-electron chi connectivity index (χ2n) is 4.91. The summed E-state index contributed by atoms with van der Waals surface area (Å²) in [7, 11) is -2.31. The minimum atomic E-state index is -3.68. The minimum absolute atomic E-state index is 0.127. The van der Waals surface area contributed by atoms with E-state index in [1.165, 1.54) is 19.2 Å². The van der Waals surface area contributed by atoms with Crippen LogP contribution in [0.3, 0.4) is 0 Å². The molecule has 2 aromatic rings. The van der Waals surface area contributed by atoms with Gasteiger partial charge in [0.05, 0.1) is 10.9 Å². The Morgan fingerprint density at radius 3 is 2.52 bits per heavy atom. The van der Waals surface area contributed by atoms with Crippen LogP contribution in [0.4, 0.5) is 0 Å². The number of thiophene rings is 1. The van der Waals surface area contributed by atoms with Gasteiger partial charge in [-0.25, -0.2) is 8.42 Å². The van der Waals surface area contributed by atoms with Gasteiger partial charge in [-0.1, -0.05) is 41.9 Å². The molecule has 0 fully saturated rings. The standard InChI is InChI=1S/C15H17ClN2O3S2/c1-18(23(20,21)15-8-7-13(16)22-15)11-14(19)17-10-9-12-5-3-2-4-6-12/h2-8H,9-11H2,1H3,(H,17,19). The number of sulfonamides is 1. The van der Waals surface area contributed by atoms with Gasteiger partial charge in [0.15, 0.2) is 0 Å². The van der Waals surface area contributed by atoms with E-state index >= 15 is 0 Å². The van der Waals surface area contributed by atoms with E-state index in [0.29, 0.717) is 17.3 Å². The second-order valence-corrected chi connectivity index (χ2v) is 8.89. The molecule has 0 aliphatic rings. The smallest absolute Gasteiger partial charge is 0.252 e.